The first-order valence-corrected chi connectivity index (χ1v) is 11.2. The van der Waals surface area contributed by atoms with E-state index in [2.05, 4.69) is 4.57 Å². The van der Waals surface area contributed by atoms with Crippen LogP contribution in [0.1, 0.15) is 21.7 Å². The van der Waals surface area contributed by atoms with Crippen molar-refractivity contribution in [1.82, 2.24) is 13.8 Å². The van der Waals surface area contributed by atoms with Gasteiger partial charge in [0.1, 0.15) is 0 Å². The highest BCUT2D eigenvalue weighted by Gasteiger charge is 2.26. The molecule has 1 fully saturated rings. The molecule has 3 rings (SSSR count). The molecule has 0 saturated carbocycles. The van der Waals surface area contributed by atoms with Crippen LogP contribution in [-0.4, -0.2) is 73.1 Å². The summed E-state index contributed by atoms with van der Waals surface area (Å²) in [7, 11) is -3.25. The number of rotatable bonds is 5. The van der Waals surface area contributed by atoms with Crippen LogP contribution >= 0.6 is 0 Å². The molecule has 2 aromatic rings. The van der Waals surface area contributed by atoms with E-state index < -0.39 is 16.0 Å². The number of piperazine rings is 1. The Morgan fingerprint density at radius 3 is 2.00 bits per heavy atom. The van der Waals surface area contributed by atoms with Gasteiger partial charge in [-0.1, -0.05) is 0 Å². The maximum absolute atomic E-state index is 12.3. The second-order valence-electron chi connectivity index (χ2n) is 7.12. The molecule has 0 N–H and O–H groups in total. The molecule has 0 spiro atoms. The summed E-state index contributed by atoms with van der Waals surface area (Å²) in [5.41, 5.74) is 3.51. The Morgan fingerprint density at radius 2 is 1.48 bits per heavy atom. The Labute approximate surface area is 170 Å². The van der Waals surface area contributed by atoms with E-state index in [-0.39, 0.29) is 38.7 Å². The van der Waals surface area contributed by atoms with Crippen LogP contribution < -0.4 is 0 Å². The minimum Gasteiger partial charge on any atom is -0.452 e. The van der Waals surface area contributed by atoms with Crippen molar-refractivity contribution >= 4 is 21.9 Å². The van der Waals surface area contributed by atoms with Crippen molar-refractivity contribution in [2.24, 2.45) is 0 Å². The van der Waals surface area contributed by atoms with E-state index in [4.69, 9.17) is 4.74 Å². The minimum atomic E-state index is -3.25. The van der Waals surface area contributed by atoms with Gasteiger partial charge in [0.25, 0.3) is 5.91 Å². The molecule has 9 heteroatoms. The summed E-state index contributed by atoms with van der Waals surface area (Å²) >= 11 is 0. The Balaban J connectivity index is 1.54. The zero-order chi connectivity index (χ0) is 21.2. The third-order valence-corrected chi connectivity index (χ3v) is 6.32. The van der Waals surface area contributed by atoms with E-state index >= 15 is 0 Å². The summed E-state index contributed by atoms with van der Waals surface area (Å²) in [6, 6.07) is 11.1. The summed E-state index contributed by atoms with van der Waals surface area (Å²) in [5.74, 6) is -0.901. The lowest BCUT2D eigenvalue weighted by Crippen LogP contribution is -2.51. The number of carbonyl (C=O) groups is 2. The lowest BCUT2D eigenvalue weighted by Gasteiger charge is -2.33. The highest BCUT2D eigenvalue weighted by Crippen LogP contribution is 2.17. The average molecular weight is 420 g/mol. The minimum absolute atomic E-state index is 0.248. The molecule has 2 heterocycles. The number of aromatic nitrogens is 1. The molecule has 0 radical (unpaired) electrons. The van der Waals surface area contributed by atoms with Crippen molar-refractivity contribution in [2.75, 3.05) is 39.0 Å². The maximum atomic E-state index is 12.3. The molecule has 0 unspecified atom stereocenters. The van der Waals surface area contributed by atoms with Crippen molar-refractivity contribution in [2.45, 2.75) is 13.8 Å². The predicted molar refractivity (Wildman–Crippen MR) is 109 cm³/mol. The van der Waals surface area contributed by atoms with Gasteiger partial charge in [-0.2, -0.15) is 4.31 Å². The fraction of sp³-hybridized carbons (Fsp3) is 0.400. The van der Waals surface area contributed by atoms with Crippen LogP contribution in [-0.2, 0) is 19.6 Å². The van der Waals surface area contributed by atoms with Gasteiger partial charge in [-0.05, 0) is 50.2 Å². The van der Waals surface area contributed by atoms with Gasteiger partial charge in [0, 0.05) is 43.3 Å². The predicted octanol–water partition coefficient (Wildman–Crippen LogP) is 1.35. The number of sulfonamides is 1. The van der Waals surface area contributed by atoms with Crippen molar-refractivity contribution in [3.63, 3.8) is 0 Å². The molecule has 1 aliphatic heterocycles. The van der Waals surface area contributed by atoms with Crippen LogP contribution in [0, 0.1) is 13.8 Å². The number of amides is 1. The van der Waals surface area contributed by atoms with Crippen LogP contribution in [0.3, 0.4) is 0 Å². The van der Waals surface area contributed by atoms with E-state index in [1.54, 1.807) is 12.1 Å². The lowest BCUT2D eigenvalue weighted by atomic mass is 10.2. The van der Waals surface area contributed by atoms with E-state index in [0.717, 1.165) is 23.3 Å². The smallest absolute Gasteiger partial charge is 0.338 e. The first-order chi connectivity index (χ1) is 13.7. The maximum Gasteiger partial charge on any atom is 0.338 e. The quantitative estimate of drug-likeness (QED) is 0.683. The number of hydrogen-bond acceptors (Lipinski definition) is 5. The van der Waals surface area contributed by atoms with Crippen molar-refractivity contribution < 1.29 is 22.7 Å². The molecule has 1 amide bonds. The number of aryl methyl sites for hydroxylation is 2. The van der Waals surface area contributed by atoms with E-state index in [0.29, 0.717) is 5.56 Å². The highest BCUT2D eigenvalue weighted by molar-refractivity contribution is 7.88. The summed E-state index contributed by atoms with van der Waals surface area (Å²) in [6.07, 6.45) is 1.15. The molecule has 156 valence electrons. The van der Waals surface area contributed by atoms with Gasteiger partial charge in [-0.15, -0.1) is 0 Å². The summed E-state index contributed by atoms with van der Waals surface area (Å²) in [6.45, 7) is 4.72. The third-order valence-electron chi connectivity index (χ3n) is 5.02. The zero-order valence-electron chi connectivity index (χ0n) is 16.8. The molecule has 0 bridgehead atoms. The van der Waals surface area contributed by atoms with Crippen LogP contribution in [0.2, 0.25) is 0 Å². The lowest BCUT2D eigenvalue weighted by molar-refractivity contribution is -0.135. The van der Waals surface area contributed by atoms with Crippen molar-refractivity contribution in [3.05, 3.63) is 53.3 Å². The molecule has 1 aromatic carbocycles. The second-order valence-corrected chi connectivity index (χ2v) is 9.10. The molecule has 0 atom stereocenters. The second kappa shape index (κ2) is 8.38. The number of nitrogens with zero attached hydrogens (tertiary/aromatic N) is 3. The van der Waals surface area contributed by atoms with Crippen LogP contribution in [0.5, 0.6) is 0 Å². The SMILES string of the molecule is Cc1ccc(C)n1-c1ccc(C(=O)OCC(=O)N2CCN(S(C)(=O)=O)CC2)cc1. The molecule has 1 saturated heterocycles. The molecular formula is C20H25N3O5S. The number of benzene rings is 1. The molecule has 0 aliphatic carbocycles. The van der Waals surface area contributed by atoms with E-state index in [1.807, 2.05) is 38.1 Å². The Hall–Kier alpha value is -2.65. The zero-order valence-corrected chi connectivity index (χ0v) is 17.6. The van der Waals surface area contributed by atoms with Crippen LogP contribution in [0.15, 0.2) is 36.4 Å². The fourth-order valence-electron chi connectivity index (χ4n) is 3.39. The number of carbonyl (C=O) groups excluding carboxylic acids is 2. The van der Waals surface area contributed by atoms with E-state index in [1.165, 1.54) is 9.21 Å². The normalized spacial score (nSPS) is 15.3. The standard InChI is InChI=1S/C20H25N3O5S/c1-15-4-5-16(2)23(15)18-8-6-17(7-9-18)20(25)28-14-19(24)21-10-12-22(13-11-21)29(3,26)27/h4-9H,10-14H2,1-3H3. The first-order valence-electron chi connectivity index (χ1n) is 9.32. The van der Waals surface area contributed by atoms with Gasteiger partial charge in [0.2, 0.25) is 10.0 Å². The van der Waals surface area contributed by atoms with Crippen LogP contribution in [0.4, 0.5) is 0 Å². The van der Waals surface area contributed by atoms with Gasteiger partial charge >= 0.3 is 5.97 Å². The third kappa shape index (κ3) is 4.86. The number of hydrogen-bond donors (Lipinski definition) is 0. The van der Waals surface area contributed by atoms with Gasteiger partial charge in [0.05, 0.1) is 11.8 Å². The highest BCUT2D eigenvalue weighted by atomic mass is 32.2. The number of ether oxygens (including phenoxy) is 1. The Morgan fingerprint density at radius 1 is 0.931 bits per heavy atom. The molecular weight excluding hydrogens is 394 g/mol. The van der Waals surface area contributed by atoms with Gasteiger partial charge in [-0.25, -0.2) is 13.2 Å². The van der Waals surface area contributed by atoms with Gasteiger partial charge < -0.3 is 14.2 Å². The number of esters is 1. The first kappa shape index (κ1) is 21.1. The topological polar surface area (TPSA) is 88.9 Å². The Bertz CT molecular complexity index is 984. The Kier molecular flexibility index (Phi) is 6.09. The van der Waals surface area contributed by atoms with Gasteiger partial charge in [0.15, 0.2) is 6.61 Å². The van der Waals surface area contributed by atoms with Crippen LogP contribution in [0.25, 0.3) is 5.69 Å². The summed E-state index contributed by atoms with van der Waals surface area (Å²) < 4.78 is 31.6. The molecule has 1 aromatic heterocycles. The average Bonchev–Trinajstić information content (AvgIpc) is 3.03. The largest absolute Gasteiger partial charge is 0.452 e. The molecule has 29 heavy (non-hydrogen) atoms. The van der Waals surface area contributed by atoms with Crippen molar-refractivity contribution in [1.29, 1.82) is 0 Å². The molecule has 8 nitrogen and oxygen atoms in total. The van der Waals surface area contributed by atoms with E-state index in [9.17, 15) is 18.0 Å². The summed E-state index contributed by atoms with van der Waals surface area (Å²) in [4.78, 5) is 26.0. The monoisotopic (exact) mass is 419 g/mol. The fourth-order valence-corrected chi connectivity index (χ4v) is 4.22. The van der Waals surface area contributed by atoms with Crippen molar-refractivity contribution in [3.8, 4) is 5.69 Å². The molecule has 1 aliphatic rings. The summed E-state index contributed by atoms with van der Waals surface area (Å²) in [5, 5.41) is 0. The van der Waals surface area contributed by atoms with Gasteiger partial charge in [-0.3, -0.25) is 4.79 Å².